The SMILES string of the molecule is COC(=O)c1c(C)oc2ccc(OCc3c(F)c(F)c(F)c(F)c3F)cc12. The molecule has 1 heterocycles. The summed E-state index contributed by atoms with van der Waals surface area (Å²) in [6, 6.07) is 4.13. The van der Waals surface area contributed by atoms with Crippen molar-refractivity contribution >= 4 is 16.9 Å². The van der Waals surface area contributed by atoms with Crippen molar-refractivity contribution in [2.75, 3.05) is 7.11 Å². The van der Waals surface area contributed by atoms with Crippen molar-refractivity contribution in [3.8, 4) is 5.75 Å². The number of carbonyl (C=O) groups excluding carboxylic acids is 1. The topological polar surface area (TPSA) is 48.7 Å². The highest BCUT2D eigenvalue weighted by atomic mass is 19.2. The number of fused-ring (bicyclic) bond motifs is 1. The molecule has 0 spiro atoms. The number of rotatable bonds is 4. The minimum Gasteiger partial charge on any atom is -0.489 e. The summed E-state index contributed by atoms with van der Waals surface area (Å²) in [5, 5.41) is 0.314. The molecule has 0 unspecified atom stereocenters. The monoisotopic (exact) mass is 386 g/mol. The molecule has 0 N–H and O–H groups in total. The molecule has 0 amide bonds. The van der Waals surface area contributed by atoms with Gasteiger partial charge < -0.3 is 13.9 Å². The lowest BCUT2D eigenvalue weighted by molar-refractivity contribution is 0.0600. The lowest BCUT2D eigenvalue weighted by Gasteiger charge is -2.10. The number of furan rings is 1. The molecule has 0 aliphatic rings. The van der Waals surface area contributed by atoms with Gasteiger partial charge in [0.05, 0.1) is 12.7 Å². The lowest BCUT2D eigenvalue weighted by Crippen LogP contribution is -2.09. The first-order valence-corrected chi connectivity index (χ1v) is 7.50. The molecule has 1 aromatic heterocycles. The van der Waals surface area contributed by atoms with E-state index in [-0.39, 0.29) is 17.1 Å². The molecule has 0 fully saturated rings. The van der Waals surface area contributed by atoms with Crippen molar-refractivity contribution in [1.29, 1.82) is 0 Å². The first-order valence-electron chi connectivity index (χ1n) is 7.50. The van der Waals surface area contributed by atoms with Crippen LogP contribution in [0.5, 0.6) is 5.75 Å². The lowest BCUT2D eigenvalue weighted by atomic mass is 10.1. The largest absolute Gasteiger partial charge is 0.489 e. The van der Waals surface area contributed by atoms with Gasteiger partial charge in [0, 0.05) is 5.39 Å². The zero-order valence-corrected chi connectivity index (χ0v) is 14.0. The third-order valence-electron chi connectivity index (χ3n) is 3.91. The van der Waals surface area contributed by atoms with Gasteiger partial charge in [-0.1, -0.05) is 0 Å². The fraction of sp³-hybridized carbons (Fsp3) is 0.167. The number of carbonyl (C=O) groups is 1. The van der Waals surface area contributed by atoms with Gasteiger partial charge in [-0.3, -0.25) is 0 Å². The fourth-order valence-corrected chi connectivity index (χ4v) is 2.58. The second-order valence-corrected chi connectivity index (χ2v) is 5.52. The minimum absolute atomic E-state index is 0.0254. The Hall–Kier alpha value is -3.10. The van der Waals surface area contributed by atoms with Crippen LogP contribution in [0.15, 0.2) is 22.6 Å². The number of benzene rings is 2. The van der Waals surface area contributed by atoms with Gasteiger partial charge in [0.1, 0.15) is 29.3 Å². The summed E-state index contributed by atoms with van der Waals surface area (Å²) in [7, 11) is 1.18. The van der Waals surface area contributed by atoms with E-state index in [0.29, 0.717) is 11.0 Å². The predicted molar refractivity (Wildman–Crippen MR) is 82.9 cm³/mol. The van der Waals surface area contributed by atoms with Crippen LogP contribution < -0.4 is 4.74 Å². The highest BCUT2D eigenvalue weighted by Crippen LogP contribution is 2.30. The number of aryl methyl sites for hydroxylation is 1. The summed E-state index contributed by atoms with van der Waals surface area (Å²) < 4.78 is 82.2. The number of ether oxygens (including phenoxy) is 2. The van der Waals surface area contributed by atoms with E-state index in [4.69, 9.17) is 9.15 Å². The minimum atomic E-state index is -2.24. The van der Waals surface area contributed by atoms with Crippen LogP contribution in [0.1, 0.15) is 21.7 Å². The van der Waals surface area contributed by atoms with E-state index in [2.05, 4.69) is 4.74 Å². The Morgan fingerprint density at radius 3 is 2.19 bits per heavy atom. The number of methoxy groups -OCH3 is 1. The van der Waals surface area contributed by atoms with Crippen LogP contribution in [0, 0.1) is 36.0 Å². The number of hydrogen-bond acceptors (Lipinski definition) is 4. The third kappa shape index (κ3) is 3.09. The molecule has 9 heteroatoms. The maximum Gasteiger partial charge on any atom is 0.342 e. The molecule has 3 aromatic rings. The molecule has 0 saturated carbocycles. The third-order valence-corrected chi connectivity index (χ3v) is 3.91. The Labute approximate surface area is 149 Å². The van der Waals surface area contributed by atoms with E-state index < -0.39 is 47.2 Å². The zero-order chi connectivity index (χ0) is 19.9. The molecular formula is C18H11F5O4. The molecule has 0 aliphatic carbocycles. The second-order valence-electron chi connectivity index (χ2n) is 5.52. The molecule has 0 bridgehead atoms. The summed E-state index contributed by atoms with van der Waals surface area (Å²) in [4.78, 5) is 11.9. The highest BCUT2D eigenvalue weighted by Gasteiger charge is 2.26. The van der Waals surface area contributed by atoms with Gasteiger partial charge in [0.25, 0.3) is 0 Å². The van der Waals surface area contributed by atoms with Crippen LogP contribution in [0.25, 0.3) is 11.0 Å². The normalized spacial score (nSPS) is 11.1. The van der Waals surface area contributed by atoms with E-state index in [1.165, 1.54) is 25.3 Å². The Kier molecular flexibility index (Phi) is 4.77. The van der Waals surface area contributed by atoms with Crippen molar-refractivity contribution in [2.45, 2.75) is 13.5 Å². The van der Waals surface area contributed by atoms with E-state index in [9.17, 15) is 26.7 Å². The molecular weight excluding hydrogens is 375 g/mol. The molecule has 27 heavy (non-hydrogen) atoms. The Morgan fingerprint density at radius 1 is 1.00 bits per heavy atom. The Morgan fingerprint density at radius 2 is 1.59 bits per heavy atom. The van der Waals surface area contributed by atoms with Gasteiger partial charge in [0.15, 0.2) is 23.3 Å². The summed E-state index contributed by atoms with van der Waals surface area (Å²) in [5.74, 6) is -10.6. The van der Waals surface area contributed by atoms with Crippen LogP contribution >= 0.6 is 0 Å². The van der Waals surface area contributed by atoms with E-state index >= 15 is 0 Å². The fourth-order valence-electron chi connectivity index (χ4n) is 2.58. The smallest absolute Gasteiger partial charge is 0.342 e. The van der Waals surface area contributed by atoms with Gasteiger partial charge in [-0.05, 0) is 25.1 Å². The number of hydrogen-bond donors (Lipinski definition) is 0. The van der Waals surface area contributed by atoms with Crippen LogP contribution in [0.2, 0.25) is 0 Å². The van der Waals surface area contributed by atoms with Crippen molar-refractivity contribution < 1.29 is 40.6 Å². The van der Waals surface area contributed by atoms with Gasteiger partial charge in [-0.15, -0.1) is 0 Å². The second kappa shape index (κ2) is 6.90. The molecule has 0 saturated heterocycles. The maximum atomic E-state index is 13.7. The van der Waals surface area contributed by atoms with Crippen molar-refractivity contribution in [3.63, 3.8) is 0 Å². The van der Waals surface area contributed by atoms with E-state index in [1.807, 2.05) is 0 Å². The molecule has 0 aliphatic heterocycles. The number of esters is 1. The highest BCUT2D eigenvalue weighted by molar-refractivity contribution is 6.04. The Balaban J connectivity index is 1.96. The van der Waals surface area contributed by atoms with Crippen LogP contribution in [-0.2, 0) is 11.3 Å². The van der Waals surface area contributed by atoms with Crippen molar-refractivity contribution in [1.82, 2.24) is 0 Å². The first-order chi connectivity index (χ1) is 12.8. The number of halogens is 5. The van der Waals surface area contributed by atoms with E-state index in [0.717, 1.165) is 0 Å². The van der Waals surface area contributed by atoms with Crippen LogP contribution in [0.4, 0.5) is 22.0 Å². The average molecular weight is 386 g/mol. The van der Waals surface area contributed by atoms with Crippen molar-refractivity contribution in [3.05, 3.63) is 64.2 Å². The first kappa shape index (κ1) is 18.7. The summed E-state index contributed by atoms with van der Waals surface area (Å²) in [6.45, 7) is 0.628. The zero-order valence-electron chi connectivity index (χ0n) is 14.0. The summed E-state index contributed by atoms with van der Waals surface area (Å²) in [5.41, 5.74) is -0.645. The molecule has 0 radical (unpaired) electrons. The van der Waals surface area contributed by atoms with Crippen LogP contribution in [-0.4, -0.2) is 13.1 Å². The Bertz CT molecular complexity index is 1030. The van der Waals surface area contributed by atoms with E-state index in [1.54, 1.807) is 6.92 Å². The summed E-state index contributed by atoms with van der Waals surface area (Å²) >= 11 is 0. The standard InChI is InChI=1S/C18H11F5O4/c1-7-12(18(24)25-2)9-5-8(3-4-11(9)27-7)26-6-10-13(19)15(21)17(23)16(22)14(10)20/h3-5H,6H2,1-2H3. The van der Waals surface area contributed by atoms with Gasteiger partial charge in [-0.25, -0.2) is 26.7 Å². The molecule has 4 nitrogen and oxygen atoms in total. The molecule has 2 aromatic carbocycles. The predicted octanol–water partition coefficient (Wildman–Crippen LogP) is 4.80. The molecule has 142 valence electrons. The summed E-state index contributed by atoms with van der Waals surface area (Å²) in [6.07, 6.45) is 0. The molecule has 3 rings (SSSR count). The van der Waals surface area contributed by atoms with Gasteiger partial charge in [0.2, 0.25) is 5.82 Å². The quantitative estimate of drug-likeness (QED) is 0.280. The van der Waals surface area contributed by atoms with Gasteiger partial charge in [-0.2, -0.15) is 0 Å². The van der Waals surface area contributed by atoms with Crippen molar-refractivity contribution in [2.24, 2.45) is 0 Å². The van der Waals surface area contributed by atoms with Gasteiger partial charge >= 0.3 is 5.97 Å². The van der Waals surface area contributed by atoms with Crippen LogP contribution in [0.3, 0.4) is 0 Å². The average Bonchev–Trinajstić information content (AvgIpc) is 2.99. The maximum absolute atomic E-state index is 13.7. The molecule has 0 atom stereocenters.